The van der Waals surface area contributed by atoms with E-state index < -0.39 is 0 Å². The molecule has 4 rings (SSSR count). The van der Waals surface area contributed by atoms with Crippen LogP contribution in [0.4, 0.5) is 0 Å². The summed E-state index contributed by atoms with van der Waals surface area (Å²) in [5.41, 5.74) is 4.32. The summed E-state index contributed by atoms with van der Waals surface area (Å²) in [5.74, 6) is 0.112. The zero-order chi connectivity index (χ0) is 13.5. The van der Waals surface area contributed by atoms with Crippen LogP contribution in [0.5, 0.6) is 0 Å². The maximum Gasteiger partial charge on any atom is 0.193 e. The average molecular weight is 258 g/mol. The third-order valence-corrected chi connectivity index (χ3v) is 4.16. The Hall–Kier alpha value is -2.41. The van der Waals surface area contributed by atoms with Crippen LogP contribution >= 0.6 is 0 Å². The molecule has 0 saturated carbocycles. The lowest BCUT2D eigenvalue weighted by molar-refractivity contribution is 0.104. The number of hydrogen-bond acceptors (Lipinski definition) is 1. The van der Waals surface area contributed by atoms with Crippen molar-refractivity contribution < 1.29 is 4.79 Å². The third kappa shape index (κ3) is 1.60. The number of ketones is 1. The van der Waals surface area contributed by atoms with E-state index in [1.54, 1.807) is 0 Å². The first-order valence-corrected chi connectivity index (χ1v) is 6.98. The van der Waals surface area contributed by atoms with Gasteiger partial charge in [-0.15, -0.1) is 0 Å². The van der Waals surface area contributed by atoms with Crippen molar-refractivity contribution in [3.63, 3.8) is 0 Å². The molecule has 0 aliphatic heterocycles. The van der Waals surface area contributed by atoms with E-state index in [-0.39, 0.29) is 5.78 Å². The van der Waals surface area contributed by atoms with E-state index in [1.165, 1.54) is 16.5 Å². The van der Waals surface area contributed by atoms with Crippen LogP contribution in [0.2, 0.25) is 0 Å². The zero-order valence-corrected chi connectivity index (χ0v) is 11.1. The highest BCUT2D eigenvalue weighted by atomic mass is 16.1. The van der Waals surface area contributed by atoms with E-state index in [2.05, 4.69) is 24.3 Å². The normalized spacial score (nSPS) is 12.8. The smallest absolute Gasteiger partial charge is 0.193 e. The van der Waals surface area contributed by atoms with Crippen LogP contribution in [0.3, 0.4) is 0 Å². The lowest BCUT2D eigenvalue weighted by atomic mass is 9.95. The van der Waals surface area contributed by atoms with Crippen molar-refractivity contribution in [2.45, 2.75) is 12.8 Å². The summed E-state index contributed by atoms with van der Waals surface area (Å²) in [6.07, 6.45) is 2.19. The molecule has 3 aromatic rings. The van der Waals surface area contributed by atoms with E-state index >= 15 is 0 Å². The van der Waals surface area contributed by atoms with Gasteiger partial charge in [0.15, 0.2) is 5.78 Å². The highest BCUT2D eigenvalue weighted by molar-refractivity contribution is 6.17. The molecule has 0 heterocycles. The topological polar surface area (TPSA) is 17.1 Å². The quantitative estimate of drug-likeness (QED) is 0.630. The number of carbonyl (C=O) groups is 1. The molecule has 20 heavy (non-hydrogen) atoms. The van der Waals surface area contributed by atoms with Gasteiger partial charge in [0.05, 0.1) is 0 Å². The molecule has 0 radical (unpaired) electrons. The molecular weight excluding hydrogens is 244 g/mol. The van der Waals surface area contributed by atoms with E-state index in [1.807, 2.05) is 36.4 Å². The second-order valence-corrected chi connectivity index (χ2v) is 5.31. The van der Waals surface area contributed by atoms with Crippen molar-refractivity contribution >= 4 is 16.6 Å². The van der Waals surface area contributed by atoms with Crippen LogP contribution in [-0.2, 0) is 12.8 Å². The van der Waals surface area contributed by atoms with Crippen molar-refractivity contribution in [1.29, 1.82) is 0 Å². The lowest BCUT2D eigenvalue weighted by Gasteiger charge is -2.08. The van der Waals surface area contributed by atoms with Gasteiger partial charge in [0.25, 0.3) is 0 Å². The van der Waals surface area contributed by atoms with Gasteiger partial charge >= 0.3 is 0 Å². The van der Waals surface area contributed by atoms with Gasteiger partial charge in [-0.2, -0.15) is 0 Å². The second kappa shape index (κ2) is 4.31. The number of hydrogen-bond donors (Lipinski definition) is 0. The second-order valence-electron chi connectivity index (χ2n) is 5.31. The molecule has 0 spiro atoms. The maximum absolute atomic E-state index is 12.7. The number of aryl methyl sites for hydroxylation is 2. The summed E-state index contributed by atoms with van der Waals surface area (Å²) in [7, 11) is 0. The van der Waals surface area contributed by atoms with Crippen molar-refractivity contribution in [1.82, 2.24) is 0 Å². The van der Waals surface area contributed by atoms with Gasteiger partial charge in [-0.3, -0.25) is 4.79 Å². The zero-order valence-electron chi connectivity index (χ0n) is 11.1. The predicted molar refractivity (Wildman–Crippen MR) is 81.2 cm³/mol. The van der Waals surface area contributed by atoms with Gasteiger partial charge in [0.2, 0.25) is 0 Å². The molecule has 0 N–H and O–H groups in total. The summed E-state index contributed by atoms with van der Waals surface area (Å²) < 4.78 is 0. The summed E-state index contributed by atoms with van der Waals surface area (Å²) in [6.45, 7) is 0. The minimum absolute atomic E-state index is 0.112. The molecule has 0 unspecified atom stereocenters. The molecule has 1 heteroatoms. The van der Waals surface area contributed by atoms with Crippen LogP contribution in [0.1, 0.15) is 27.0 Å². The summed E-state index contributed by atoms with van der Waals surface area (Å²) in [5, 5.41) is 2.40. The fourth-order valence-corrected chi connectivity index (χ4v) is 3.19. The molecule has 0 fully saturated rings. The van der Waals surface area contributed by atoms with Gasteiger partial charge in [-0.1, -0.05) is 60.7 Å². The van der Waals surface area contributed by atoms with E-state index in [4.69, 9.17) is 0 Å². The molecule has 1 aliphatic rings. The Balaban J connectivity index is 1.96. The Labute approximate surface area is 117 Å². The minimum atomic E-state index is 0.112. The largest absolute Gasteiger partial charge is 0.289 e. The number of rotatable bonds is 2. The maximum atomic E-state index is 12.7. The van der Waals surface area contributed by atoms with Crippen LogP contribution in [-0.4, -0.2) is 5.78 Å². The van der Waals surface area contributed by atoms with Gasteiger partial charge in [-0.25, -0.2) is 0 Å². The number of carbonyl (C=O) groups excluding carboxylic acids is 1. The Morgan fingerprint density at radius 1 is 0.750 bits per heavy atom. The van der Waals surface area contributed by atoms with Crippen LogP contribution in [0, 0.1) is 0 Å². The summed E-state index contributed by atoms with van der Waals surface area (Å²) in [4.78, 5) is 12.7. The fourth-order valence-electron chi connectivity index (χ4n) is 3.19. The Morgan fingerprint density at radius 3 is 2.30 bits per heavy atom. The highest BCUT2D eigenvalue weighted by Crippen LogP contribution is 2.33. The molecule has 0 bridgehead atoms. The molecule has 96 valence electrons. The predicted octanol–water partition coefficient (Wildman–Crippen LogP) is 4.17. The molecule has 1 aliphatic carbocycles. The van der Waals surface area contributed by atoms with Crippen LogP contribution in [0.25, 0.3) is 10.8 Å². The van der Waals surface area contributed by atoms with Gasteiger partial charge in [-0.05, 0) is 34.7 Å². The van der Waals surface area contributed by atoms with E-state index in [0.717, 1.165) is 29.4 Å². The first-order chi connectivity index (χ1) is 9.84. The average Bonchev–Trinajstić information content (AvgIpc) is 2.93. The van der Waals surface area contributed by atoms with E-state index in [9.17, 15) is 4.79 Å². The molecule has 0 atom stereocenters. The SMILES string of the molecule is O=C(c1ccccc1)c1ccc2c3c(cccc13)CC2. The fraction of sp³-hybridized carbons (Fsp3) is 0.105. The summed E-state index contributed by atoms with van der Waals surface area (Å²) >= 11 is 0. The summed E-state index contributed by atoms with van der Waals surface area (Å²) in [6, 6.07) is 19.9. The molecule has 0 amide bonds. The van der Waals surface area contributed by atoms with Gasteiger partial charge < -0.3 is 0 Å². The van der Waals surface area contributed by atoms with E-state index in [0.29, 0.717) is 0 Å². The van der Waals surface area contributed by atoms with Crippen LogP contribution in [0.15, 0.2) is 60.7 Å². The van der Waals surface area contributed by atoms with Crippen molar-refractivity contribution in [3.05, 3.63) is 82.9 Å². The third-order valence-electron chi connectivity index (χ3n) is 4.16. The monoisotopic (exact) mass is 258 g/mol. The first-order valence-electron chi connectivity index (χ1n) is 6.98. The standard InChI is InChI=1S/C19H14O/c20-19(15-5-2-1-3-6-15)17-12-11-14-10-9-13-7-4-8-16(17)18(13)14/h1-8,11-12H,9-10H2. The van der Waals surface area contributed by atoms with Crippen molar-refractivity contribution in [2.75, 3.05) is 0 Å². The molecular formula is C19H14O. The Morgan fingerprint density at radius 2 is 1.50 bits per heavy atom. The Bertz CT molecular complexity index is 806. The minimum Gasteiger partial charge on any atom is -0.289 e. The van der Waals surface area contributed by atoms with Crippen molar-refractivity contribution in [3.8, 4) is 0 Å². The molecule has 0 aromatic heterocycles. The van der Waals surface area contributed by atoms with Crippen LogP contribution < -0.4 is 0 Å². The molecule has 1 nitrogen and oxygen atoms in total. The van der Waals surface area contributed by atoms with Crippen molar-refractivity contribution in [2.24, 2.45) is 0 Å². The van der Waals surface area contributed by atoms with Gasteiger partial charge in [0.1, 0.15) is 0 Å². The number of benzene rings is 3. The molecule has 0 saturated heterocycles. The molecule has 3 aromatic carbocycles. The highest BCUT2D eigenvalue weighted by Gasteiger charge is 2.19. The lowest BCUT2D eigenvalue weighted by Crippen LogP contribution is -2.02. The van der Waals surface area contributed by atoms with Gasteiger partial charge in [0, 0.05) is 11.1 Å². The first kappa shape index (κ1) is 11.4. The Kier molecular flexibility index (Phi) is 2.46.